The lowest BCUT2D eigenvalue weighted by Crippen LogP contribution is -2.41. The number of anilines is 2. The number of benzene rings is 2. The number of thioether (sulfide) groups is 1. The fourth-order valence-corrected chi connectivity index (χ4v) is 5.10. The van der Waals surface area contributed by atoms with Crippen LogP contribution in [0, 0.1) is 5.92 Å². The van der Waals surface area contributed by atoms with Gasteiger partial charge >= 0.3 is 0 Å². The van der Waals surface area contributed by atoms with Crippen LogP contribution in [0.3, 0.4) is 0 Å². The quantitative estimate of drug-likeness (QED) is 0.684. The summed E-state index contributed by atoms with van der Waals surface area (Å²) in [7, 11) is 0. The second kappa shape index (κ2) is 11.3. The van der Waals surface area contributed by atoms with E-state index in [1.165, 1.54) is 0 Å². The predicted molar refractivity (Wildman–Crippen MR) is 133 cm³/mol. The zero-order valence-corrected chi connectivity index (χ0v) is 19.5. The Kier molecular flexibility index (Phi) is 8.01. The number of rotatable bonds is 6. The average Bonchev–Trinajstić information content (AvgIpc) is 2.85. The molecule has 0 radical (unpaired) electrons. The van der Waals surface area contributed by atoms with Crippen LogP contribution in [0.2, 0.25) is 0 Å². The van der Waals surface area contributed by atoms with E-state index < -0.39 is 0 Å². The van der Waals surface area contributed by atoms with Crippen LogP contribution in [-0.4, -0.2) is 71.8 Å². The van der Waals surface area contributed by atoms with Crippen LogP contribution >= 0.6 is 11.8 Å². The summed E-state index contributed by atoms with van der Waals surface area (Å²) in [5, 5.41) is 5.89. The van der Waals surface area contributed by atoms with Gasteiger partial charge in [0.05, 0.1) is 6.54 Å². The van der Waals surface area contributed by atoms with Crippen LogP contribution in [-0.2, 0) is 9.59 Å². The van der Waals surface area contributed by atoms with E-state index in [1.807, 2.05) is 47.0 Å². The van der Waals surface area contributed by atoms with Crippen LogP contribution in [0.5, 0.6) is 0 Å². The molecule has 2 aliphatic heterocycles. The fourth-order valence-electron chi connectivity index (χ4n) is 4.20. The molecule has 0 aliphatic carbocycles. The van der Waals surface area contributed by atoms with Gasteiger partial charge < -0.3 is 15.5 Å². The molecular weight excluding hydrogens is 436 g/mol. The molecule has 2 fully saturated rings. The van der Waals surface area contributed by atoms with E-state index in [-0.39, 0.29) is 30.2 Å². The number of nitrogens with zero attached hydrogens (tertiary/aromatic N) is 2. The Morgan fingerprint density at radius 2 is 1.55 bits per heavy atom. The molecule has 0 saturated carbocycles. The molecule has 2 aromatic rings. The molecule has 2 aromatic carbocycles. The smallest absolute Gasteiger partial charge is 0.253 e. The van der Waals surface area contributed by atoms with E-state index in [0.29, 0.717) is 24.3 Å². The van der Waals surface area contributed by atoms with E-state index in [1.54, 1.807) is 24.3 Å². The van der Waals surface area contributed by atoms with E-state index in [2.05, 4.69) is 15.5 Å². The normalized spacial score (nSPS) is 17.4. The Hall–Kier alpha value is -2.84. The molecule has 2 aliphatic rings. The van der Waals surface area contributed by atoms with E-state index in [4.69, 9.17) is 0 Å². The van der Waals surface area contributed by atoms with Crippen molar-refractivity contribution in [1.82, 2.24) is 9.80 Å². The van der Waals surface area contributed by atoms with Gasteiger partial charge in [-0.15, -0.1) is 0 Å². The largest absolute Gasteiger partial charge is 0.337 e. The predicted octanol–water partition coefficient (Wildman–Crippen LogP) is 3.16. The highest BCUT2D eigenvalue weighted by Gasteiger charge is 2.26. The van der Waals surface area contributed by atoms with Crippen molar-refractivity contribution in [2.45, 2.75) is 12.8 Å². The van der Waals surface area contributed by atoms with Gasteiger partial charge in [-0.3, -0.25) is 19.3 Å². The Morgan fingerprint density at radius 1 is 0.848 bits per heavy atom. The summed E-state index contributed by atoms with van der Waals surface area (Å²) in [6.07, 6.45) is 1.45. The van der Waals surface area contributed by atoms with Gasteiger partial charge in [0.1, 0.15) is 0 Å². The van der Waals surface area contributed by atoms with Crippen LogP contribution in [0.15, 0.2) is 54.6 Å². The summed E-state index contributed by atoms with van der Waals surface area (Å²) in [5.41, 5.74) is 2.04. The number of hydrogen-bond acceptors (Lipinski definition) is 5. The minimum Gasteiger partial charge on any atom is -0.337 e. The molecular formula is C25H30N4O3S. The van der Waals surface area contributed by atoms with Gasteiger partial charge in [-0.2, -0.15) is 11.8 Å². The van der Waals surface area contributed by atoms with Crippen LogP contribution < -0.4 is 10.6 Å². The molecule has 33 heavy (non-hydrogen) atoms. The van der Waals surface area contributed by atoms with Crippen LogP contribution in [0.1, 0.15) is 23.2 Å². The van der Waals surface area contributed by atoms with Gasteiger partial charge in [0.15, 0.2) is 0 Å². The summed E-state index contributed by atoms with van der Waals surface area (Å²) in [6, 6.07) is 16.6. The molecule has 174 valence electrons. The van der Waals surface area contributed by atoms with Crippen molar-refractivity contribution < 1.29 is 14.4 Å². The number of likely N-dealkylation sites (tertiary alicyclic amines) is 1. The van der Waals surface area contributed by atoms with Crippen molar-refractivity contribution >= 4 is 40.9 Å². The van der Waals surface area contributed by atoms with Crippen LogP contribution in [0.4, 0.5) is 11.4 Å². The van der Waals surface area contributed by atoms with Gasteiger partial charge in [0, 0.05) is 47.5 Å². The summed E-state index contributed by atoms with van der Waals surface area (Å²) in [5.74, 6) is 1.84. The lowest BCUT2D eigenvalue weighted by Gasteiger charge is -2.30. The first-order valence-electron chi connectivity index (χ1n) is 11.4. The summed E-state index contributed by atoms with van der Waals surface area (Å²) in [4.78, 5) is 41.7. The molecule has 0 atom stereocenters. The van der Waals surface area contributed by atoms with Crippen molar-refractivity contribution in [1.29, 1.82) is 0 Å². The second-order valence-electron chi connectivity index (χ2n) is 8.44. The molecule has 2 N–H and O–H groups in total. The number of carbonyl (C=O) groups excluding carboxylic acids is 3. The third kappa shape index (κ3) is 6.58. The van der Waals surface area contributed by atoms with Gasteiger partial charge in [-0.25, -0.2) is 0 Å². The third-order valence-corrected chi connectivity index (χ3v) is 7.00. The molecule has 7 nitrogen and oxygen atoms in total. The highest BCUT2D eigenvalue weighted by molar-refractivity contribution is 7.99. The van der Waals surface area contributed by atoms with E-state index >= 15 is 0 Å². The first kappa shape index (κ1) is 23.3. The van der Waals surface area contributed by atoms with Gasteiger partial charge in [0.2, 0.25) is 11.8 Å². The minimum atomic E-state index is -0.110. The van der Waals surface area contributed by atoms with Crippen molar-refractivity contribution in [3.8, 4) is 0 Å². The molecule has 4 rings (SSSR count). The number of amides is 3. The van der Waals surface area contributed by atoms with Crippen molar-refractivity contribution in [2.24, 2.45) is 5.92 Å². The number of carbonyl (C=O) groups is 3. The molecule has 0 spiro atoms. The molecule has 2 heterocycles. The highest BCUT2D eigenvalue weighted by atomic mass is 32.2. The van der Waals surface area contributed by atoms with Gasteiger partial charge in [-0.1, -0.05) is 24.3 Å². The molecule has 0 aromatic heterocycles. The maximum absolute atomic E-state index is 12.7. The Labute approximate surface area is 198 Å². The SMILES string of the molecule is O=C(CN1CCC(C(=O)Nc2ccccc2)CC1)Nc1cccc(C(=O)N2CCSCC2)c1. The topological polar surface area (TPSA) is 81.8 Å². The summed E-state index contributed by atoms with van der Waals surface area (Å²) in [6.45, 7) is 3.20. The average molecular weight is 467 g/mol. The van der Waals surface area contributed by atoms with E-state index in [9.17, 15) is 14.4 Å². The Balaban J connectivity index is 1.23. The molecule has 3 amide bonds. The summed E-state index contributed by atoms with van der Waals surface area (Å²) >= 11 is 1.86. The summed E-state index contributed by atoms with van der Waals surface area (Å²) < 4.78 is 0. The number of hydrogen-bond donors (Lipinski definition) is 2. The number of nitrogens with one attached hydrogen (secondary N) is 2. The van der Waals surface area contributed by atoms with Gasteiger partial charge in [-0.05, 0) is 56.3 Å². The number of para-hydroxylation sites is 1. The molecule has 0 bridgehead atoms. The lowest BCUT2D eigenvalue weighted by molar-refractivity contribution is -0.121. The first-order chi connectivity index (χ1) is 16.1. The minimum absolute atomic E-state index is 0.0160. The first-order valence-corrected chi connectivity index (χ1v) is 12.6. The highest BCUT2D eigenvalue weighted by Crippen LogP contribution is 2.20. The van der Waals surface area contributed by atoms with E-state index in [0.717, 1.165) is 43.1 Å². The molecule has 8 heteroatoms. The van der Waals surface area contributed by atoms with Crippen LogP contribution in [0.25, 0.3) is 0 Å². The lowest BCUT2D eigenvalue weighted by atomic mass is 9.96. The maximum Gasteiger partial charge on any atom is 0.253 e. The Bertz CT molecular complexity index is 971. The third-order valence-electron chi connectivity index (χ3n) is 6.06. The fraction of sp³-hybridized carbons (Fsp3) is 0.400. The van der Waals surface area contributed by atoms with Crippen molar-refractivity contribution in [2.75, 3.05) is 54.9 Å². The Morgan fingerprint density at radius 3 is 2.27 bits per heavy atom. The second-order valence-corrected chi connectivity index (χ2v) is 9.66. The van der Waals surface area contributed by atoms with Crippen molar-refractivity contribution in [3.63, 3.8) is 0 Å². The number of piperidine rings is 1. The molecule has 2 saturated heterocycles. The monoisotopic (exact) mass is 466 g/mol. The molecule has 0 unspecified atom stereocenters. The standard InChI is InChI=1S/C25H30N4O3S/c30-23(26-22-8-4-5-20(17-22)25(32)29-13-15-33-16-14-29)18-28-11-9-19(10-12-28)24(31)27-21-6-2-1-3-7-21/h1-8,17,19H,9-16,18H2,(H,26,30)(H,27,31). The zero-order valence-electron chi connectivity index (χ0n) is 18.7. The zero-order chi connectivity index (χ0) is 23.0. The van der Waals surface area contributed by atoms with Crippen molar-refractivity contribution in [3.05, 3.63) is 60.2 Å². The maximum atomic E-state index is 12.7. The van der Waals surface area contributed by atoms with Gasteiger partial charge in [0.25, 0.3) is 5.91 Å².